The van der Waals surface area contributed by atoms with Gasteiger partial charge in [0.15, 0.2) is 0 Å². The molecule has 0 spiro atoms. The molecule has 1 aromatic carbocycles. The van der Waals surface area contributed by atoms with Crippen molar-refractivity contribution in [1.29, 1.82) is 0 Å². The van der Waals surface area contributed by atoms with Crippen LogP contribution in [0.15, 0.2) is 6.07 Å². The van der Waals surface area contributed by atoms with E-state index < -0.39 is 0 Å². The van der Waals surface area contributed by atoms with E-state index in [0.717, 1.165) is 22.4 Å². The first-order valence-corrected chi connectivity index (χ1v) is 6.39. The van der Waals surface area contributed by atoms with E-state index in [1.165, 1.54) is 0 Å². The molecule has 0 saturated heterocycles. The van der Waals surface area contributed by atoms with E-state index >= 15 is 0 Å². The first-order valence-electron chi connectivity index (χ1n) is 6.39. The van der Waals surface area contributed by atoms with Crippen molar-refractivity contribution in [3.05, 3.63) is 22.8 Å². The molecule has 1 rings (SSSR count). The summed E-state index contributed by atoms with van der Waals surface area (Å²) in [7, 11) is 0. The number of ether oxygens (including phenoxy) is 1. The van der Waals surface area contributed by atoms with Crippen LogP contribution < -0.4 is 4.74 Å². The number of hydrogen-bond acceptors (Lipinski definition) is 2. The average molecular weight is 236 g/mol. The Labute approximate surface area is 105 Å². The van der Waals surface area contributed by atoms with Crippen LogP contribution in [0.5, 0.6) is 11.5 Å². The SMILES string of the molecule is CCOc1cc(C(C)C)c(O)c(C(C)C)c1C. The molecular weight excluding hydrogens is 212 g/mol. The largest absolute Gasteiger partial charge is 0.507 e. The highest BCUT2D eigenvalue weighted by Gasteiger charge is 2.19. The number of aromatic hydroxyl groups is 1. The summed E-state index contributed by atoms with van der Waals surface area (Å²) in [5.74, 6) is 1.94. The standard InChI is InChI=1S/C15H24O2/c1-7-17-13-8-12(9(2)3)15(16)14(10(4)5)11(13)6/h8-10,16H,7H2,1-6H3. The number of benzene rings is 1. The van der Waals surface area contributed by atoms with Gasteiger partial charge in [-0.05, 0) is 37.3 Å². The molecule has 0 aromatic heterocycles. The normalized spacial score (nSPS) is 11.3. The molecule has 0 atom stereocenters. The van der Waals surface area contributed by atoms with Gasteiger partial charge in [0, 0.05) is 11.1 Å². The monoisotopic (exact) mass is 236 g/mol. The quantitative estimate of drug-likeness (QED) is 0.842. The van der Waals surface area contributed by atoms with Gasteiger partial charge in [0.1, 0.15) is 11.5 Å². The molecule has 0 bridgehead atoms. The van der Waals surface area contributed by atoms with Crippen molar-refractivity contribution in [2.45, 2.75) is 53.4 Å². The van der Waals surface area contributed by atoms with E-state index in [2.05, 4.69) is 27.7 Å². The smallest absolute Gasteiger partial charge is 0.123 e. The molecule has 0 unspecified atom stereocenters. The zero-order valence-electron chi connectivity index (χ0n) is 11.8. The van der Waals surface area contributed by atoms with Crippen molar-refractivity contribution < 1.29 is 9.84 Å². The molecule has 17 heavy (non-hydrogen) atoms. The lowest BCUT2D eigenvalue weighted by atomic mass is 9.90. The Kier molecular flexibility index (Phi) is 4.44. The summed E-state index contributed by atoms with van der Waals surface area (Å²) in [6, 6.07) is 1.98. The second-order valence-corrected chi connectivity index (χ2v) is 5.09. The summed E-state index contributed by atoms with van der Waals surface area (Å²) in [6.45, 7) is 13.0. The van der Waals surface area contributed by atoms with Crippen molar-refractivity contribution in [3.63, 3.8) is 0 Å². The highest BCUT2D eigenvalue weighted by molar-refractivity contribution is 5.54. The third kappa shape index (κ3) is 2.74. The van der Waals surface area contributed by atoms with Crippen LogP contribution in [-0.2, 0) is 0 Å². The van der Waals surface area contributed by atoms with E-state index in [-0.39, 0.29) is 0 Å². The van der Waals surface area contributed by atoms with E-state index in [9.17, 15) is 5.11 Å². The molecular formula is C15H24O2. The number of hydrogen-bond donors (Lipinski definition) is 1. The molecule has 2 heteroatoms. The van der Waals surface area contributed by atoms with Gasteiger partial charge in [-0.2, -0.15) is 0 Å². The Bertz CT molecular complexity index is 392. The van der Waals surface area contributed by atoms with Gasteiger partial charge in [0.25, 0.3) is 0 Å². The lowest BCUT2D eigenvalue weighted by Crippen LogP contribution is -2.03. The summed E-state index contributed by atoms with van der Waals surface area (Å²) in [5.41, 5.74) is 3.05. The van der Waals surface area contributed by atoms with Crippen LogP contribution in [0.4, 0.5) is 0 Å². The van der Waals surface area contributed by atoms with Crippen molar-refractivity contribution >= 4 is 0 Å². The summed E-state index contributed by atoms with van der Waals surface area (Å²) in [5, 5.41) is 10.3. The Morgan fingerprint density at radius 1 is 1.18 bits per heavy atom. The first-order chi connectivity index (χ1) is 7.90. The summed E-state index contributed by atoms with van der Waals surface area (Å²) < 4.78 is 5.66. The maximum atomic E-state index is 10.3. The zero-order valence-corrected chi connectivity index (χ0v) is 11.8. The number of rotatable bonds is 4. The van der Waals surface area contributed by atoms with E-state index in [0.29, 0.717) is 24.2 Å². The van der Waals surface area contributed by atoms with Gasteiger partial charge in [-0.3, -0.25) is 0 Å². The molecule has 0 radical (unpaired) electrons. The molecule has 0 fully saturated rings. The summed E-state index contributed by atoms with van der Waals surface area (Å²) in [4.78, 5) is 0. The predicted molar refractivity (Wildman–Crippen MR) is 72.2 cm³/mol. The van der Waals surface area contributed by atoms with Crippen molar-refractivity contribution in [1.82, 2.24) is 0 Å². The highest BCUT2D eigenvalue weighted by atomic mass is 16.5. The molecule has 96 valence electrons. The fourth-order valence-electron chi connectivity index (χ4n) is 2.24. The third-order valence-electron chi connectivity index (χ3n) is 3.09. The molecule has 0 heterocycles. The van der Waals surface area contributed by atoms with Crippen LogP contribution >= 0.6 is 0 Å². The van der Waals surface area contributed by atoms with E-state index in [1.54, 1.807) is 0 Å². The number of phenols is 1. The van der Waals surface area contributed by atoms with Gasteiger partial charge in [0.05, 0.1) is 6.61 Å². The lowest BCUT2D eigenvalue weighted by molar-refractivity contribution is 0.335. The van der Waals surface area contributed by atoms with Crippen LogP contribution in [0.2, 0.25) is 0 Å². The Morgan fingerprint density at radius 3 is 2.18 bits per heavy atom. The maximum absolute atomic E-state index is 10.3. The van der Waals surface area contributed by atoms with Crippen LogP contribution in [0, 0.1) is 6.92 Å². The van der Waals surface area contributed by atoms with Gasteiger partial charge < -0.3 is 9.84 Å². The van der Waals surface area contributed by atoms with Crippen LogP contribution in [-0.4, -0.2) is 11.7 Å². The minimum absolute atomic E-state index is 0.298. The Balaban J connectivity index is 3.46. The van der Waals surface area contributed by atoms with Gasteiger partial charge in [0.2, 0.25) is 0 Å². The predicted octanol–water partition coefficient (Wildman–Crippen LogP) is 4.35. The minimum Gasteiger partial charge on any atom is -0.507 e. The molecule has 0 amide bonds. The van der Waals surface area contributed by atoms with Crippen molar-refractivity contribution in [2.24, 2.45) is 0 Å². The summed E-state index contributed by atoms with van der Waals surface area (Å²) in [6.07, 6.45) is 0. The van der Waals surface area contributed by atoms with E-state index in [1.807, 2.05) is 19.9 Å². The second-order valence-electron chi connectivity index (χ2n) is 5.09. The third-order valence-corrected chi connectivity index (χ3v) is 3.09. The summed E-state index contributed by atoms with van der Waals surface area (Å²) >= 11 is 0. The second kappa shape index (κ2) is 5.44. The molecule has 2 nitrogen and oxygen atoms in total. The minimum atomic E-state index is 0.298. The Hall–Kier alpha value is -1.18. The van der Waals surface area contributed by atoms with E-state index in [4.69, 9.17) is 4.74 Å². The van der Waals surface area contributed by atoms with Crippen molar-refractivity contribution in [2.75, 3.05) is 6.61 Å². The van der Waals surface area contributed by atoms with Gasteiger partial charge >= 0.3 is 0 Å². The molecule has 1 N–H and O–H groups in total. The van der Waals surface area contributed by atoms with Gasteiger partial charge in [-0.25, -0.2) is 0 Å². The molecule has 0 aliphatic rings. The van der Waals surface area contributed by atoms with Gasteiger partial charge in [-0.15, -0.1) is 0 Å². The first kappa shape index (κ1) is 13.9. The van der Waals surface area contributed by atoms with Crippen LogP contribution in [0.25, 0.3) is 0 Å². The average Bonchev–Trinajstić information content (AvgIpc) is 2.21. The zero-order chi connectivity index (χ0) is 13.2. The molecule has 1 aromatic rings. The van der Waals surface area contributed by atoms with Crippen molar-refractivity contribution in [3.8, 4) is 11.5 Å². The highest BCUT2D eigenvalue weighted by Crippen LogP contribution is 2.40. The fourth-order valence-corrected chi connectivity index (χ4v) is 2.24. The Morgan fingerprint density at radius 2 is 1.76 bits per heavy atom. The maximum Gasteiger partial charge on any atom is 0.123 e. The number of phenolic OH excluding ortho intramolecular Hbond substituents is 1. The fraction of sp³-hybridized carbons (Fsp3) is 0.600. The molecule has 0 aliphatic heterocycles. The van der Waals surface area contributed by atoms with Crippen LogP contribution in [0.3, 0.4) is 0 Å². The lowest BCUT2D eigenvalue weighted by Gasteiger charge is -2.21. The topological polar surface area (TPSA) is 29.5 Å². The molecule has 0 saturated carbocycles. The van der Waals surface area contributed by atoms with Crippen LogP contribution in [0.1, 0.15) is 63.1 Å². The molecule has 0 aliphatic carbocycles. The van der Waals surface area contributed by atoms with Gasteiger partial charge in [-0.1, -0.05) is 27.7 Å².